The highest BCUT2D eigenvalue weighted by atomic mass is 16.6. The summed E-state index contributed by atoms with van der Waals surface area (Å²) in [5.41, 5.74) is -0.570. The summed E-state index contributed by atoms with van der Waals surface area (Å²) < 4.78 is 10.0. The maximum atomic E-state index is 11.4. The Labute approximate surface area is 105 Å². The van der Waals surface area contributed by atoms with E-state index in [0.29, 0.717) is 0 Å². The lowest BCUT2D eigenvalue weighted by Crippen LogP contribution is -2.23. The highest BCUT2D eigenvalue weighted by molar-refractivity contribution is 5.90. The fourth-order valence-electron chi connectivity index (χ4n) is 1.32. The van der Waals surface area contributed by atoms with Crippen LogP contribution >= 0.6 is 0 Å². The van der Waals surface area contributed by atoms with Crippen molar-refractivity contribution in [3.8, 4) is 5.75 Å². The van der Waals surface area contributed by atoms with Gasteiger partial charge in [-0.15, -0.1) is 0 Å². The second kappa shape index (κ2) is 5.03. The lowest BCUT2D eigenvalue weighted by atomic mass is 10.1. The van der Waals surface area contributed by atoms with Crippen molar-refractivity contribution in [2.75, 3.05) is 7.11 Å². The maximum Gasteiger partial charge on any atom is 0.337 e. The van der Waals surface area contributed by atoms with Crippen LogP contribution in [-0.2, 0) is 4.74 Å². The molecule has 0 N–H and O–H groups in total. The lowest BCUT2D eigenvalue weighted by Gasteiger charge is -2.21. The van der Waals surface area contributed by atoms with Crippen LogP contribution in [0.4, 0.5) is 5.69 Å². The topological polar surface area (TPSA) is 78.7 Å². The number of benzene rings is 1. The Morgan fingerprint density at radius 3 is 2.39 bits per heavy atom. The summed E-state index contributed by atoms with van der Waals surface area (Å²) >= 11 is 0. The SMILES string of the molecule is COC(=O)c1ccc([N+](=O)[O-])c(OC(C)(C)C)c1. The van der Waals surface area contributed by atoms with Gasteiger partial charge in [0.2, 0.25) is 0 Å². The first-order valence-electron chi connectivity index (χ1n) is 5.30. The van der Waals surface area contributed by atoms with Crippen molar-refractivity contribution in [3.63, 3.8) is 0 Å². The van der Waals surface area contributed by atoms with Crippen molar-refractivity contribution in [1.82, 2.24) is 0 Å². The molecule has 0 saturated heterocycles. The van der Waals surface area contributed by atoms with Crippen molar-refractivity contribution < 1.29 is 19.2 Å². The molecule has 6 heteroatoms. The Morgan fingerprint density at radius 2 is 1.94 bits per heavy atom. The number of rotatable bonds is 3. The number of carbonyl (C=O) groups excluding carboxylic acids is 1. The van der Waals surface area contributed by atoms with E-state index < -0.39 is 16.5 Å². The van der Waals surface area contributed by atoms with Gasteiger partial charge in [-0.1, -0.05) is 0 Å². The molecule has 0 aliphatic heterocycles. The van der Waals surface area contributed by atoms with E-state index in [1.54, 1.807) is 20.8 Å². The summed E-state index contributed by atoms with van der Waals surface area (Å²) in [7, 11) is 1.24. The number of hydrogen-bond acceptors (Lipinski definition) is 5. The first-order valence-corrected chi connectivity index (χ1v) is 5.30. The molecule has 0 amide bonds. The Balaban J connectivity index is 3.24. The van der Waals surface area contributed by atoms with Gasteiger partial charge in [0.05, 0.1) is 17.6 Å². The first kappa shape index (κ1) is 14.0. The van der Waals surface area contributed by atoms with Crippen LogP contribution in [0, 0.1) is 10.1 Å². The molecule has 0 atom stereocenters. The average molecular weight is 253 g/mol. The van der Waals surface area contributed by atoms with Gasteiger partial charge in [-0.25, -0.2) is 4.79 Å². The van der Waals surface area contributed by atoms with Gasteiger partial charge < -0.3 is 9.47 Å². The van der Waals surface area contributed by atoms with Crippen molar-refractivity contribution >= 4 is 11.7 Å². The molecule has 98 valence electrons. The third-order valence-electron chi connectivity index (χ3n) is 1.99. The molecule has 1 aromatic rings. The van der Waals surface area contributed by atoms with E-state index in [4.69, 9.17) is 4.74 Å². The van der Waals surface area contributed by atoms with Gasteiger partial charge in [-0.2, -0.15) is 0 Å². The smallest absolute Gasteiger partial charge is 0.337 e. The van der Waals surface area contributed by atoms with Gasteiger partial charge in [0.15, 0.2) is 5.75 Å². The number of nitro benzene ring substituents is 1. The molecule has 6 nitrogen and oxygen atoms in total. The van der Waals surface area contributed by atoms with E-state index in [0.717, 1.165) is 0 Å². The van der Waals surface area contributed by atoms with Crippen molar-refractivity contribution in [3.05, 3.63) is 33.9 Å². The van der Waals surface area contributed by atoms with Crippen LogP contribution in [0.25, 0.3) is 0 Å². The van der Waals surface area contributed by atoms with E-state index in [1.165, 1.54) is 25.3 Å². The van der Waals surface area contributed by atoms with Crippen molar-refractivity contribution in [2.45, 2.75) is 26.4 Å². The number of ether oxygens (including phenoxy) is 2. The molecule has 0 unspecified atom stereocenters. The molecule has 0 saturated carbocycles. The predicted molar refractivity (Wildman–Crippen MR) is 64.8 cm³/mol. The van der Waals surface area contributed by atoms with Crippen LogP contribution in [0.1, 0.15) is 31.1 Å². The molecule has 0 spiro atoms. The molecule has 0 aliphatic carbocycles. The minimum atomic E-state index is -0.598. The Bertz CT molecular complexity index is 476. The molecule has 0 fully saturated rings. The quantitative estimate of drug-likeness (QED) is 0.470. The van der Waals surface area contributed by atoms with Gasteiger partial charge in [-0.3, -0.25) is 10.1 Å². The summed E-state index contributed by atoms with van der Waals surface area (Å²) in [6, 6.07) is 3.88. The van der Waals surface area contributed by atoms with E-state index >= 15 is 0 Å². The second-order valence-electron chi connectivity index (χ2n) is 4.65. The zero-order chi connectivity index (χ0) is 13.9. The molecular formula is C12H15NO5. The van der Waals surface area contributed by atoms with E-state index in [-0.39, 0.29) is 17.0 Å². The number of methoxy groups -OCH3 is 1. The molecule has 18 heavy (non-hydrogen) atoms. The van der Waals surface area contributed by atoms with Crippen molar-refractivity contribution in [2.24, 2.45) is 0 Å². The fourth-order valence-corrected chi connectivity index (χ4v) is 1.32. The van der Waals surface area contributed by atoms with Crippen molar-refractivity contribution in [1.29, 1.82) is 0 Å². The monoisotopic (exact) mass is 253 g/mol. The maximum absolute atomic E-state index is 11.4. The van der Waals surface area contributed by atoms with Crippen LogP contribution in [0.5, 0.6) is 5.75 Å². The molecule has 1 rings (SSSR count). The molecule has 1 aromatic carbocycles. The summed E-state index contributed by atoms with van der Waals surface area (Å²) in [6.07, 6.45) is 0. The third kappa shape index (κ3) is 3.44. The average Bonchev–Trinajstić information content (AvgIpc) is 2.25. The minimum Gasteiger partial charge on any atom is -0.481 e. The summed E-state index contributed by atoms with van der Waals surface area (Å²) in [5, 5.41) is 10.9. The molecule has 0 aliphatic rings. The number of nitro groups is 1. The summed E-state index contributed by atoms with van der Waals surface area (Å²) in [6.45, 7) is 5.30. The Hall–Kier alpha value is -2.11. The van der Waals surface area contributed by atoms with E-state index in [2.05, 4.69) is 4.74 Å². The van der Waals surface area contributed by atoms with Crippen LogP contribution in [-0.4, -0.2) is 23.6 Å². The zero-order valence-electron chi connectivity index (χ0n) is 10.7. The van der Waals surface area contributed by atoms with Gasteiger partial charge in [0.25, 0.3) is 0 Å². The Morgan fingerprint density at radius 1 is 1.33 bits per heavy atom. The molecule has 0 heterocycles. The van der Waals surface area contributed by atoms with Gasteiger partial charge in [0, 0.05) is 12.1 Å². The summed E-state index contributed by atoms with van der Waals surface area (Å²) in [5.74, 6) is -0.515. The second-order valence-corrected chi connectivity index (χ2v) is 4.65. The normalized spacial score (nSPS) is 10.9. The highest BCUT2D eigenvalue weighted by Crippen LogP contribution is 2.31. The molecule has 0 bridgehead atoms. The van der Waals surface area contributed by atoms with Crippen LogP contribution in [0.3, 0.4) is 0 Å². The zero-order valence-corrected chi connectivity index (χ0v) is 10.7. The molecule has 0 aromatic heterocycles. The van der Waals surface area contributed by atoms with E-state index in [9.17, 15) is 14.9 Å². The predicted octanol–water partition coefficient (Wildman–Crippen LogP) is 2.56. The Kier molecular flexibility index (Phi) is 3.90. The van der Waals surface area contributed by atoms with Gasteiger partial charge in [0.1, 0.15) is 5.60 Å². The van der Waals surface area contributed by atoms with Crippen LogP contribution in [0.2, 0.25) is 0 Å². The fraction of sp³-hybridized carbons (Fsp3) is 0.417. The van der Waals surface area contributed by atoms with Gasteiger partial charge in [-0.05, 0) is 26.8 Å². The summed E-state index contributed by atoms with van der Waals surface area (Å²) in [4.78, 5) is 21.7. The van der Waals surface area contributed by atoms with Crippen LogP contribution in [0.15, 0.2) is 18.2 Å². The molecular weight excluding hydrogens is 238 g/mol. The molecule has 0 radical (unpaired) electrons. The number of hydrogen-bond donors (Lipinski definition) is 0. The largest absolute Gasteiger partial charge is 0.481 e. The standard InChI is InChI=1S/C12H15NO5/c1-12(2,3)18-10-7-8(11(14)17-4)5-6-9(10)13(15)16/h5-7H,1-4H3. The number of esters is 1. The third-order valence-corrected chi connectivity index (χ3v) is 1.99. The van der Waals surface area contributed by atoms with Crippen LogP contribution < -0.4 is 4.74 Å². The number of nitrogens with zero attached hydrogens (tertiary/aromatic N) is 1. The highest BCUT2D eigenvalue weighted by Gasteiger charge is 2.22. The minimum absolute atomic E-state index is 0.0513. The number of carbonyl (C=O) groups is 1. The lowest BCUT2D eigenvalue weighted by molar-refractivity contribution is -0.386. The van der Waals surface area contributed by atoms with Gasteiger partial charge >= 0.3 is 11.7 Å². The first-order chi connectivity index (χ1) is 8.24. The van der Waals surface area contributed by atoms with E-state index in [1.807, 2.05) is 0 Å².